The van der Waals surface area contributed by atoms with E-state index in [0.717, 1.165) is 12.0 Å². The Morgan fingerprint density at radius 1 is 1.00 bits per heavy atom. The van der Waals surface area contributed by atoms with Gasteiger partial charge in [0.2, 0.25) is 0 Å². The van der Waals surface area contributed by atoms with Crippen molar-refractivity contribution in [3.63, 3.8) is 0 Å². The van der Waals surface area contributed by atoms with Crippen LogP contribution in [0.5, 0.6) is 5.75 Å². The fourth-order valence-corrected chi connectivity index (χ4v) is 2.12. The first-order valence-corrected chi connectivity index (χ1v) is 6.98. The molecule has 2 aromatic carbocycles. The molecule has 0 amide bonds. The highest BCUT2D eigenvalue weighted by Gasteiger charge is 2.15. The SMILES string of the molecule is CC(N)CCC(Oc1cccc(F)c1)c1cccc(F)c1. The molecular formula is C17H19F2NO. The topological polar surface area (TPSA) is 35.2 Å². The summed E-state index contributed by atoms with van der Waals surface area (Å²) in [5.74, 6) is -0.257. The normalized spacial score (nSPS) is 13.7. The first-order valence-electron chi connectivity index (χ1n) is 6.98. The van der Waals surface area contributed by atoms with Gasteiger partial charge in [-0.2, -0.15) is 0 Å². The van der Waals surface area contributed by atoms with E-state index in [1.807, 2.05) is 6.92 Å². The van der Waals surface area contributed by atoms with Gasteiger partial charge in [0, 0.05) is 12.1 Å². The predicted octanol–water partition coefficient (Wildman–Crippen LogP) is 4.21. The van der Waals surface area contributed by atoms with Gasteiger partial charge < -0.3 is 10.5 Å². The van der Waals surface area contributed by atoms with Crippen molar-refractivity contribution in [2.45, 2.75) is 31.9 Å². The summed E-state index contributed by atoms with van der Waals surface area (Å²) in [6.07, 6.45) is 1.02. The van der Waals surface area contributed by atoms with Crippen LogP contribution in [0.1, 0.15) is 31.4 Å². The molecule has 0 radical (unpaired) electrons. The van der Waals surface area contributed by atoms with Gasteiger partial charge in [0.1, 0.15) is 23.5 Å². The third-order valence-corrected chi connectivity index (χ3v) is 3.18. The molecule has 0 aliphatic heterocycles. The summed E-state index contributed by atoms with van der Waals surface area (Å²) in [6, 6.07) is 12.2. The van der Waals surface area contributed by atoms with E-state index >= 15 is 0 Å². The quantitative estimate of drug-likeness (QED) is 0.865. The van der Waals surface area contributed by atoms with Crippen molar-refractivity contribution in [1.29, 1.82) is 0 Å². The minimum absolute atomic E-state index is 0.0252. The van der Waals surface area contributed by atoms with Crippen LogP contribution in [0.15, 0.2) is 48.5 Å². The van der Waals surface area contributed by atoms with Crippen LogP contribution in [0.25, 0.3) is 0 Å². The van der Waals surface area contributed by atoms with Crippen molar-refractivity contribution in [2.24, 2.45) is 5.73 Å². The monoisotopic (exact) mass is 291 g/mol. The van der Waals surface area contributed by atoms with Gasteiger partial charge in [-0.05, 0) is 49.6 Å². The molecule has 0 bridgehead atoms. The molecule has 2 rings (SSSR count). The summed E-state index contributed by atoms with van der Waals surface area (Å²) >= 11 is 0. The Morgan fingerprint density at radius 3 is 2.29 bits per heavy atom. The Hall–Kier alpha value is -1.94. The van der Waals surface area contributed by atoms with Crippen LogP contribution >= 0.6 is 0 Å². The molecule has 4 heteroatoms. The number of nitrogens with two attached hydrogens (primary N) is 1. The summed E-state index contributed by atoms with van der Waals surface area (Å²) in [7, 11) is 0. The smallest absolute Gasteiger partial charge is 0.126 e. The third-order valence-electron chi connectivity index (χ3n) is 3.18. The molecule has 0 saturated carbocycles. The van der Waals surface area contributed by atoms with E-state index in [4.69, 9.17) is 10.5 Å². The maximum atomic E-state index is 13.4. The molecule has 0 aliphatic carbocycles. The Bertz CT molecular complexity index is 587. The van der Waals surface area contributed by atoms with E-state index < -0.39 is 0 Å². The largest absolute Gasteiger partial charge is 0.486 e. The molecule has 112 valence electrons. The molecule has 2 nitrogen and oxygen atoms in total. The maximum Gasteiger partial charge on any atom is 0.126 e. The van der Waals surface area contributed by atoms with Crippen LogP contribution in [0, 0.1) is 11.6 Å². The van der Waals surface area contributed by atoms with Crippen molar-refractivity contribution >= 4 is 0 Å². The van der Waals surface area contributed by atoms with Crippen LogP contribution in [-0.4, -0.2) is 6.04 Å². The molecule has 0 aromatic heterocycles. The van der Waals surface area contributed by atoms with E-state index in [9.17, 15) is 8.78 Å². The average Bonchev–Trinajstić information content (AvgIpc) is 2.43. The first kappa shape index (κ1) is 15.4. The zero-order valence-electron chi connectivity index (χ0n) is 11.9. The Kier molecular flexibility index (Phi) is 5.28. The fourth-order valence-electron chi connectivity index (χ4n) is 2.12. The first-order chi connectivity index (χ1) is 10.0. The van der Waals surface area contributed by atoms with Crippen molar-refractivity contribution < 1.29 is 13.5 Å². The molecule has 21 heavy (non-hydrogen) atoms. The highest BCUT2D eigenvalue weighted by atomic mass is 19.1. The number of hydrogen-bond acceptors (Lipinski definition) is 2. The van der Waals surface area contributed by atoms with Crippen LogP contribution < -0.4 is 10.5 Å². The zero-order chi connectivity index (χ0) is 15.2. The Labute approximate surface area is 123 Å². The molecule has 0 heterocycles. The summed E-state index contributed by atoms with van der Waals surface area (Å²) in [5.41, 5.74) is 6.50. The van der Waals surface area contributed by atoms with Gasteiger partial charge in [0.25, 0.3) is 0 Å². The summed E-state index contributed by atoms with van der Waals surface area (Å²) in [5, 5.41) is 0. The lowest BCUT2D eigenvalue weighted by atomic mass is 10.0. The molecule has 2 aromatic rings. The van der Waals surface area contributed by atoms with Gasteiger partial charge in [-0.1, -0.05) is 18.2 Å². The second kappa shape index (κ2) is 7.18. The summed E-state index contributed by atoms with van der Waals surface area (Å²) in [6.45, 7) is 1.91. The van der Waals surface area contributed by atoms with E-state index in [1.165, 1.54) is 24.3 Å². The predicted molar refractivity (Wildman–Crippen MR) is 79.1 cm³/mol. The molecule has 0 fully saturated rings. The van der Waals surface area contributed by atoms with Gasteiger partial charge >= 0.3 is 0 Å². The standard InChI is InChI=1S/C17H19F2NO/c1-12(20)8-9-17(13-4-2-5-14(18)10-13)21-16-7-3-6-15(19)11-16/h2-7,10-12,17H,8-9,20H2,1H3. The van der Waals surface area contributed by atoms with Crippen LogP contribution in [0.3, 0.4) is 0 Å². The molecular weight excluding hydrogens is 272 g/mol. The number of ether oxygens (including phenoxy) is 1. The molecule has 0 aliphatic rings. The lowest BCUT2D eigenvalue weighted by Gasteiger charge is -2.20. The summed E-state index contributed by atoms with van der Waals surface area (Å²) in [4.78, 5) is 0. The van der Waals surface area contributed by atoms with Crippen molar-refractivity contribution in [3.05, 3.63) is 65.7 Å². The van der Waals surface area contributed by atoms with Gasteiger partial charge in [0.05, 0.1) is 0 Å². The maximum absolute atomic E-state index is 13.4. The van der Waals surface area contributed by atoms with E-state index in [2.05, 4.69) is 0 Å². The fraction of sp³-hybridized carbons (Fsp3) is 0.294. The summed E-state index contributed by atoms with van der Waals surface area (Å²) < 4.78 is 32.5. The minimum atomic E-state index is -0.363. The van der Waals surface area contributed by atoms with Gasteiger partial charge in [0.15, 0.2) is 0 Å². The van der Waals surface area contributed by atoms with Crippen LogP contribution in [0.2, 0.25) is 0 Å². The van der Waals surface area contributed by atoms with Gasteiger partial charge in [-0.15, -0.1) is 0 Å². The Balaban J connectivity index is 2.19. The van der Waals surface area contributed by atoms with E-state index in [0.29, 0.717) is 12.2 Å². The number of hydrogen-bond donors (Lipinski definition) is 1. The molecule has 2 N–H and O–H groups in total. The van der Waals surface area contributed by atoms with Crippen LogP contribution in [-0.2, 0) is 0 Å². The second-order valence-electron chi connectivity index (χ2n) is 5.17. The third kappa shape index (κ3) is 4.83. The van der Waals surface area contributed by atoms with Crippen molar-refractivity contribution in [2.75, 3.05) is 0 Å². The minimum Gasteiger partial charge on any atom is -0.486 e. The molecule has 2 unspecified atom stereocenters. The van der Waals surface area contributed by atoms with Gasteiger partial charge in [-0.25, -0.2) is 8.78 Å². The molecule has 2 atom stereocenters. The lowest BCUT2D eigenvalue weighted by molar-refractivity contribution is 0.188. The van der Waals surface area contributed by atoms with Crippen molar-refractivity contribution in [1.82, 2.24) is 0 Å². The van der Waals surface area contributed by atoms with E-state index in [1.54, 1.807) is 24.3 Å². The molecule has 0 saturated heterocycles. The number of benzene rings is 2. The number of rotatable bonds is 6. The second-order valence-corrected chi connectivity index (χ2v) is 5.17. The zero-order valence-corrected chi connectivity index (χ0v) is 11.9. The van der Waals surface area contributed by atoms with Crippen molar-refractivity contribution in [3.8, 4) is 5.75 Å². The highest BCUT2D eigenvalue weighted by Crippen LogP contribution is 2.27. The number of halogens is 2. The Morgan fingerprint density at radius 2 is 1.67 bits per heavy atom. The average molecular weight is 291 g/mol. The highest BCUT2D eigenvalue weighted by molar-refractivity contribution is 5.25. The van der Waals surface area contributed by atoms with Gasteiger partial charge in [-0.3, -0.25) is 0 Å². The van der Waals surface area contributed by atoms with E-state index in [-0.39, 0.29) is 23.8 Å². The van der Waals surface area contributed by atoms with Crippen LogP contribution in [0.4, 0.5) is 8.78 Å². The molecule has 0 spiro atoms. The lowest BCUT2D eigenvalue weighted by Crippen LogP contribution is -2.18.